The standard InChI is InChI=1S/C16H17F2N/c1-11-4-3-5-12(2)15(11)10-19-9-13-8-14(17)6-7-16(13)18/h3-8,19H,9-10H2,1-2H3. The Morgan fingerprint density at radius 1 is 0.947 bits per heavy atom. The molecule has 19 heavy (non-hydrogen) atoms. The quantitative estimate of drug-likeness (QED) is 0.881. The second-order valence-electron chi connectivity index (χ2n) is 4.71. The highest BCUT2D eigenvalue weighted by Gasteiger charge is 2.05. The zero-order valence-electron chi connectivity index (χ0n) is 11.1. The van der Waals surface area contributed by atoms with Crippen LogP contribution in [0.3, 0.4) is 0 Å². The van der Waals surface area contributed by atoms with Crippen LogP contribution in [0.2, 0.25) is 0 Å². The molecule has 0 bridgehead atoms. The Kier molecular flexibility index (Phi) is 4.27. The molecule has 0 saturated heterocycles. The summed E-state index contributed by atoms with van der Waals surface area (Å²) < 4.78 is 26.5. The van der Waals surface area contributed by atoms with Gasteiger partial charge in [0.15, 0.2) is 0 Å². The summed E-state index contributed by atoms with van der Waals surface area (Å²) in [5.74, 6) is -0.791. The molecule has 1 nitrogen and oxygen atoms in total. The van der Waals surface area contributed by atoms with Gasteiger partial charge in [0.25, 0.3) is 0 Å². The number of benzene rings is 2. The lowest BCUT2D eigenvalue weighted by molar-refractivity contribution is 0.568. The maximum absolute atomic E-state index is 13.4. The van der Waals surface area contributed by atoms with Gasteiger partial charge >= 0.3 is 0 Å². The average molecular weight is 261 g/mol. The van der Waals surface area contributed by atoms with E-state index in [0.29, 0.717) is 18.7 Å². The van der Waals surface area contributed by atoms with E-state index < -0.39 is 5.82 Å². The molecule has 3 heteroatoms. The summed E-state index contributed by atoms with van der Waals surface area (Å²) in [5, 5.41) is 3.16. The van der Waals surface area contributed by atoms with Gasteiger partial charge in [-0.15, -0.1) is 0 Å². The largest absolute Gasteiger partial charge is 0.308 e. The van der Waals surface area contributed by atoms with Gasteiger partial charge in [0.1, 0.15) is 11.6 Å². The van der Waals surface area contributed by atoms with Crippen molar-refractivity contribution in [1.29, 1.82) is 0 Å². The Bertz CT molecular complexity index is 559. The summed E-state index contributed by atoms with van der Waals surface area (Å²) in [6.45, 7) is 5.06. The van der Waals surface area contributed by atoms with Crippen LogP contribution in [0.1, 0.15) is 22.3 Å². The Hall–Kier alpha value is -1.74. The van der Waals surface area contributed by atoms with Crippen LogP contribution < -0.4 is 5.32 Å². The lowest BCUT2D eigenvalue weighted by Crippen LogP contribution is -2.15. The number of aryl methyl sites for hydroxylation is 2. The fourth-order valence-electron chi connectivity index (χ4n) is 2.13. The molecule has 0 saturated carbocycles. The third kappa shape index (κ3) is 3.38. The van der Waals surface area contributed by atoms with E-state index in [2.05, 4.69) is 5.32 Å². The number of hydrogen-bond acceptors (Lipinski definition) is 1. The smallest absolute Gasteiger partial charge is 0.127 e. The molecule has 0 fully saturated rings. The van der Waals surface area contributed by atoms with Gasteiger partial charge in [-0.2, -0.15) is 0 Å². The van der Waals surface area contributed by atoms with Gasteiger partial charge in [0, 0.05) is 18.7 Å². The fraction of sp³-hybridized carbons (Fsp3) is 0.250. The van der Waals surface area contributed by atoms with Crippen molar-refractivity contribution in [3.63, 3.8) is 0 Å². The van der Waals surface area contributed by atoms with Crippen molar-refractivity contribution in [1.82, 2.24) is 5.32 Å². The van der Waals surface area contributed by atoms with Crippen LogP contribution in [-0.4, -0.2) is 0 Å². The van der Waals surface area contributed by atoms with E-state index in [1.54, 1.807) is 0 Å². The molecule has 0 radical (unpaired) electrons. The Morgan fingerprint density at radius 2 is 1.63 bits per heavy atom. The number of rotatable bonds is 4. The third-order valence-corrected chi connectivity index (χ3v) is 3.27. The van der Waals surface area contributed by atoms with Crippen LogP contribution in [0.5, 0.6) is 0 Å². The van der Waals surface area contributed by atoms with E-state index in [0.717, 1.165) is 12.1 Å². The van der Waals surface area contributed by atoms with E-state index in [1.165, 1.54) is 22.8 Å². The van der Waals surface area contributed by atoms with Gasteiger partial charge in [-0.3, -0.25) is 0 Å². The van der Waals surface area contributed by atoms with Crippen molar-refractivity contribution in [2.75, 3.05) is 0 Å². The lowest BCUT2D eigenvalue weighted by Gasteiger charge is -2.11. The van der Waals surface area contributed by atoms with Gasteiger partial charge in [-0.1, -0.05) is 18.2 Å². The summed E-state index contributed by atoms with van der Waals surface area (Å²) in [6.07, 6.45) is 0. The second kappa shape index (κ2) is 5.93. The zero-order valence-corrected chi connectivity index (χ0v) is 11.1. The SMILES string of the molecule is Cc1cccc(C)c1CNCc1cc(F)ccc1F. The van der Waals surface area contributed by atoms with Crippen LogP contribution in [0, 0.1) is 25.5 Å². The highest BCUT2D eigenvalue weighted by atomic mass is 19.1. The van der Waals surface area contributed by atoms with Crippen molar-refractivity contribution in [3.8, 4) is 0 Å². The molecule has 0 aliphatic rings. The fourth-order valence-corrected chi connectivity index (χ4v) is 2.13. The predicted octanol–water partition coefficient (Wildman–Crippen LogP) is 3.87. The van der Waals surface area contributed by atoms with Crippen molar-refractivity contribution < 1.29 is 8.78 Å². The molecular weight excluding hydrogens is 244 g/mol. The molecule has 1 N–H and O–H groups in total. The van der Waals surface area contributed by atoms with Crippen LogP contribution in [0.15, 0.2) is 36.4 Å². The normalized spacial score (nSPS) is 10.7. The van der Waals surface area contributed by atoms with Crippen molar-refractivity contribution >= 4 is 0 Å². The summed E-state index contributed by atoms with van der Waals surface area (Å²) in [4.78, 5) is 0. The van der Waals surface area contributed by atoms with E-state index in [4.69, 9.17) is 0 Å². The molecule has 0 heterocycles. The number of halogens is 2. The van der Waals surface area contributed by atoms with Crippen LogP contribution in [0.25, 0.3) is 0 Å². The van der Waals surface area contributed by atoms with Crippen LogP contribution >= 0.6 is 0 Å². The molecule has 0 aromatic heterocycles. The van der Waals surface area contributed by atoms with Crippen LogP contribution in [0.4, 0.5) is 8.78 Å². The molecule has 0 unspecified atom stereocenters. The molecule has 0 atom stereocenters. The predicted molar refractivity (Wildman–Crippen MR) is 72.8 cm³/mol. The molecule has 100 valence electrons. The van der Waals surface area contributed by atoms with Gasteiger partial charge in [-0.05, 0) is 48.7 Å². The Labute approximate surface area is 112 Å². The van der Waals surface area contributed by atoms with Crippen molar-refractivity contribution in [2.45, 2.75) is 26.9 Å². The first kappa shape index (κ1) is 13.7. The second-order valence-corrected chi connectivity index (χ2v) is 4.71. The maximum Gasteiger partial charge on any atom is 0.127 e. The number of nitrogens with one attached hydrogen (secondary N) is 1. The van der Waals surface area contributed by atoms with Gasteiger partial charge in [0.05, 0.1) is 0 Å². The third-order valence-electron chi connectivity index (χ3n) is 3.27. The van der Waals surface area contributed by atoms with E-state index >= 15 is 0 Å². The molecular formula is C16H17F2N. The summed E-state index contributed by atoms with van der Waals surface area (Å²) in [6, 6.07) is 9.63. The molecule has 0 aliphatic carbocycles. The van der Waals surface area contributed by atoms with E-state index in [9.17, 15) is 8.78 Å². The first-order valence-corrected chi connectivity index (χ1v) is 6.27. The minimum absolute atomic E-state index is 0.317. The van der Waals surface area contributed by atoms with Crippen LogP contribution in [-0.2, 0) is 13.1 Å². The highest BCUT2D eigenvalue weighted by Crippen LogP contribution is 2.14. The maximum atomic E-state index is 13.4. The molecule has 0 aliphatic heterocycles. The zero-order chi connectivity index (χ0) is 13.8. The Balaban J connectivity index is 2.02. The van der Waals surface area contributed by atoms with Gasteiger partial charge in [-0.25, -0.2) is 8.78 Å². The van der Waals surface area contributed by atoms with Gasteiger partial charge in [0.2, 0.25) is 0 Å². The minimum Gasteiger partial charge on any atom is -0.308 e. The first-order valence-electron chi connectivity index (χ1n) is 6.27. The summed E-state index contributed by atoms with van der Waals surface area (Å²) in [5.41, 5.74) is 3.96. The molecule has 0 spiro atoms. The molecule has 0 amide bonds. The Morgan fingerprint density at radius 3 is 2.32 bits per heavy atom. The minimum atomic E-state index is -0.412. The number of hydrogen-bond donors (Lipinski definition) is 1. The van der Waals surface area contributed by atoms with Crippen molar-refractivity contribution in [3.05, 3.63) is 70.3 Å². The molecule has 2 aromatic rings. The van der Waals surface area contributed by atoms with Crippen molar-refractivity contribution in [2.24, 2.45) is 0 Å². The molecule has 2 rings (SSSR count). The van der Waals surface area contributed by atoms with Gasteiger partial charge < -0.3 is 5.32 Å². The average Bonchev–Trinajstić information content (AvgIpc) is 2.37. The first-order chi connectivity index (χ1) is 9.08. The monoisotopic (exact) mass is 261 g/mol. The lowest BCUT2D eigenvalue weighted by atomic mass is 10.0. The highest BCUT2D eigenvalue weighted by molar-refractivity contribution is 5.33. The van der Waals surface area contributed by atoms with E-state index in [-0.39, 0.29) is 5.82 Å². The topological polar surface area (TPSA) is 12.0 Å². The van der Waals surface area contributed by atoms with E-state index in [1.807, 2.05) is 32.0 Å². The molecule has 2 aromatic carbocycles. The summed E-state index contributed by atoms with van der Waals surface area (Å²) >= 11 is 0. The summed E-state index contributed by atoms with van der Waals surface area (Å²) in [7, 11) is 0.